The predicted octanol–water partition coefficient (Wildman–Crippen LogP) is 5.85. The highest BCUT2D eigenvalue weighted by atomic mass is 16.2. The van der Waals surface area contributed by atoms with E-state index in [-0.39, 0.29) is 11.8 Å². The number of carbonyl (C=O) groups is 2. The summed E-state index contributed by atoms with van der Waals surface area (Å²) in [6.07, 6.45) is 12.6. The first kappa shape index (κ1) is 23.0. The quantitative estimate of drug-likeness (QED) is 0.414. The van der Waals surface area contributed by atoms with Crippen LogP contribution < -0.4 is 10.6 Å². The number of hydrogen-bond acceptors (Lipinski definition) is 3. The van der Waals surface area contributed by atoms with Crippen molar-refractivity contribution in [2.24, 2.45) is 23.7 Å². The number of amides is 2. The number of hydrogen-bond donors (Lipinski definition) is 3. The Morgan fingerprint density at radius 3 is 1.78 bits per heavy atom. The van der Waals surface area contributed by atoms with Crippen LogP contribution in [0.4, 0.5) is 0 Å². The summed E-state index contributed by atoms with van der Waals surface area (Å²) in [4.78, 5) is 34.0. The van der Waals surface area contributed by atoms with Gasteiger partial charge >= 0.3 is 0 Å². The maximum absolute atomic E-state index is 13.0. The van der Waals surface area contributed by atoms with E-state index in [2.05, 4.69) is 15.6 Å². The molecule has 6 saturated carbocycles. The Bertz CT molecular complexity index is 1310. The van der Waals surface area contributed by atoms with Gasteiger partial charge in [0.15, 0.2) is 0 Å². The SMILES string of the molecule is O=C(NC1CC2CCC1CC2)c1ccc(-c2nc3ccc(C(=O)NC4CC5CCC4CC5)cc3[nH]2)cc1. The van der Waals surface area contributed by atoms with Crippen molar-refractivity contribution in [3.8, 4) is 11.4 Å². The molecule has 37 heavy (non-hydrogen) atoms. The minimum Gasteiger partial charge on any atom is -0.349 e. The van der Waals surface area contributed by atoms with Gasteiger partial charge in [-0.25, -0.2) is 4.98 Å². The number of benzene rings is 2. The fraction of sp³-hybridized carbons (Fsp3) is 0.516. The Hall–Kier alpha value is -3.15. The van der Waals surface area contributed by atoms with Gasteiger partial charge in [-0.3, -0.25) is 9.59 Å². The van der Waals surface area contributed by atoms with E-state index in [0.29, 0.717) is 35.0 Å². The number of aromatic amines is 1. The predicted molar refractivity (Wildman–Crippen MR) is 144 cm³/mol. The zero-order chi connectivity index (χ0) is 24.9. The fourth-order valence-corrected chi connectivity index (χ4v) is 7.68. The van der Waals surface area contributed by atoms with E-state index < -0.39 is 0 Å². The summed E-state index contributed by atoms with van der Waals surface area (Å²) in [7, 11) is 0. The third-order valence-electron chi connectivity index (χ3n) is 9.89. The minimum absolute atomic E-state index is 0.0113. The summed E-state index contributed by atoms with van der Waals surface area (Å²) >= 11 is 0. The Kier molecular flexibility index (Phi) is 5.78. The minimum atomic E-state index is 0.0113. The molecule has 2 aromatic carbocycles. The zero-order valence-electron chi connectivity index (χ0n) is 21.3. The number of fused-ring (bicyclic) bond motifs is 7. The van der Waals surface area contributed by atoms with E-state index in [4.69, 9.17) is 4.98 Å². The molecule has 2 amide bonds. The van der Waals surface area contributed by atoms with Gasteiger partial charge in [0.2, 0.25) is 0 Å². The average molecular weight is 497 g/mol. The van der Waals surface area contributed by atoms with Crippen LogP contribution in [-0.2, 0) is 0 Å². The molecule has 6 nitrogen and oxygen atoms in total. The Morgan fingerprint density at radius 1 is 0.703 bits per heavy atom. The maximum Gasteiger partial charge on any atom is 0.251 e. The standard InChI is InChI=1S/C31H36N4O2/c36-30(34-26-15-18-1-5-20(26)6-2-18)23-11-9-22(10-12-23)29-32-25-14-13-24(17-28(25)33-29)31(37)35-27-16-19-3-7-21(27)8-4-19/h9-14,17-21,26-27H,1-8,15-16H2,(H,32,33)(H,34,36)(H,35,37). The van der Waals surface area contributed by atoms with Crippen LogP contribution in [0, 0.1) is 23.7 Å². The molecule has 192 valence electrons. The van der Waals surface area contributed by atoms with Crippen molar-refractivity contribution >= 4 is 22.8 Å². The van der Waals surface area contributed by atoms with Gasteiger partial charge in [0, 0.05) is 28.8 Å². The first-order valence-electron chi connectivity index (χ1n) is 14.3. The lowest BCUT2D eigenvalue weighted by molar-refractivity contribution is 0.0803. The molecular weight excluding hydrogens is 460 g/mol. The largest absolute Gasteiger partial charge is 0.349 e. The highest BCUT2D eigenvalue weighted by molar-refractivity contribution is 5.98. The van der Waals surface area contributed by atoms with Crippen molar-refractivity contribution in [3.05, 3.63) is 53.6 Å². The molecule has 0 saturated heterocycles. The highest BCUT2D eigenvalue weighted by Crippen LogP contribution is 2.42. The van der Waals surface area contributed by atoms with Crippen molar-refractivity contribution < 1.29 is 9.59 Å². The Morgan fingerprint density at radius 2 is 1.24 bits per heavy atom. The van der Waals surface area contributed by atoms with E-state index in [0.717, 1.165) is 47.1 Å². The molecule has 1 aromatic heterocycles. The first-order valence-corrected chi connectivity index (χ1v) is 14.3. The van der Waals surface area contributed by atoms with Gasteiger partial charge in [-0.15, -0.1) is 0 Å². The Balaban J connectivity index is 1.03. The molecule has 0 radical (unpaired) electrons. The molecule has 3 aromatic rings. The van der Waals surface area contributed by atoms with Gasteiger partial charge in [0.05, 0.1) is 11.0 Å². The van der Waals surface area contributed by atoms with Crippen LogP contribution in [0.3, 0.4) is 0 Å². The summed E-state index contributed by atoms with van der Waals surface area (Å²) in [6, 6.07) is 14.0. The van der Waals surface area contributed by atoms with Crippen LogP contribution in [0.15, 0.2) is 42.5 Å². The smallest absolute Gasteiger partial charge is 0.251 e. The molecular formula is C31H36N4O2. The molecule has 6 aliphatic rings. The summed E-state index contributed by atoms with van der Waals surface area (Å²) in [5.41, 5.74) is 3.97. The molecule has 1 heterocycles. The van der Waals surface area contributed by atoms with Crippen LogP contribution in [0.2, 0.25) is 0 Å². The number of nitrogens with one attached hydrogen (secondary N) is 3. The number of rotatable bonds is 5. The van der Waals surface area contributed by atoms with Crippen LogP contribution in [0.1, 0.15) is 84.9 Å². The number of H-pyrrole nitrogens is 1. The second-order valence-electron chi connectivity index (χ2n) is 12.1. The molecule has 6 fully saturated rings. The van der Waals surface area contributed by atoms with E-state index >= 15 is 0 Å². The van der Waals surface area contributed by atoms with Crippen LogP contribution in [-0.4, -0.2) is 33.9 Å². The van der Waals surface area contributed by atoms with Gasteiger partial charge in [-0.2, -0.15) is 0 Å². The summed E-state index contributed by atoms with van der Waals surface area (Å²) < 4.78 is 0. The van der Waals surface area contributed by atoms with Crippen LogP contribution >= 0.6 is 0 Å². The fourth-order valence-electron chi connectivity index (χ4n) is 7.68. The summed E-state index contributed by atoms with van der Waals surface area (Å²) in [6.45, 7) is 0. The van der Waals surface area contributed by atoms with Crippen molar-refractivity contribution in [2.75, 3.05) is 0 Å². The highest BCUT2D eigenvalue weighted by Gasteiger charge is 2.37. The average Bonchev–Trinajstić information content (AvgIpc) is 3.38. The molecule has 3 N–H and O–H groups in total. The van der Waals surface area contributed by atoms with Crippen molar-refractivity contribution in [2.45, 2.75) is 76.3 Å². The third kappa shape index (κ3) is 4.45. The summed E-state index contributed by atoms with van der Waals surface area (Å²) in [5.74, 6) is 3.64. The molecule has 6 aliphatic carbocycles. The molecule has 6 heteroatoms. The van der Waals surface area contributed by atoms with Crippen molar-refractivity contribution in [1.82, 2.24) is 20.6 Å². The Labute approximate surface area is 218 Å². The molecule has 9 rings (SSSR count). The number of imidazole rings is 1. The van der Waals surface area contributed by atoms with Gasteiger partial charge < -0.3 is 15.6 Å². The van der Waals surface area contributed by atoms with Crippen molar-refractivity contribution in [3.63, 3.8) is 0 Å². The van der Waals surface area contributed by atoms with Crippen molar-refractivity contribution in [1.29, 1.82) is 0 Å². The lowest BCUT2D eigenvalue weighted by Gasteiger charge is -2.42. The number of aromatic nitrogens is 2. The molecule has 4 bridgehead atoms. The van der Waals surface area contributed by atoms with Crippen LogP contribution in [0.25, 0.3) is 22.4 Å². The lowest BCUT2D eigenvalue weighted by atomic mass is 9.68. The van der Waals surface area contributed by atoms with Gasteiger partial charge in [0.25, 0.3) is 11.8 Å². The number of nitrogens with zero attached hydrogens (tertiary/aromatic N) is 1. The molecule has 0 aliphatic heterocycles. The first-order chi connectivity index (χ1) is 18.1. The maximum atomic E-state index is 13.0. The zero-order valence-corrected chi connectivity index (χ0v) is 21.3. The van der Waals surface area contributed by atoms with Gasteiger partial charge in [0.1, 0.15) is 5.82 Å². The second kappa shape index (κ2) is 9.30. The van der Waals surface area contributed by atoms with E-state index in [1.54, 1.807) is 0 Å². The van der Waals surface area contributed by atoms with E-state index in [1.807, 2.05) is 42.5 Å². The topological polar surface area (TPSA) is 86.9 Å². The third-order valence-corrected chi connectivity index (χ3v) is 9.89. The van der Waals surface area contributed by atoms with E-state index in [9.17, 15) is 9.59 Å². The van der Waals surface area contributed by atoms with E-state index in [1.165, 1.54) is 51.4 Å². The van der Waals surface area contributed by atoms with Gasteiger partial charge in [-0.1, -0.05) is 37.8 Å². The number of carbonyl (C=O) groups excluding carboxylic acids is 2. The molecule has 2 atom stereocenters. The normalized spacial score (nSPS) is 30.4. The summed E-state index contributed by atoms with van der Waals surface area (Å²) in [5, 5.41) is 6.62. The van der Waals surface area contributed by atoms with Gasteiger partial charge in [-0.05, 0) is 92.5 Å². The molecule has 2 unspecified atom stereocenters. The molecule has 0 spiro atoms. The van der Waals surface area contributed by atoms with Crippen LogP contribution in [0.5, 0.6) is 0 Å². The lowest BCUT2D eigenvalue weighted by Crippen LogP contribution is -2.47. The second-order valence-corrected chi connectivity index (χ2v) is 12.1. The monoisotopic (exact) mass is 496 g/mol.